The van der Waals surface area contributed by atoms with Crippen molar-refractivity contribution in [2.75, 3.05) is 17.6 Å². The van der Waals surface area contributed by atoms with Gasteiger partial charge in [0.15, 0.2) is 0 Å². The van der Waals surface area contributed by atoms with Crippen LogP contribution in [0, 0.1) is 0 Å². The fourth-order valence-corrected chi connectivity index (χ4v) is 1.08. The average molecular weight is 177 g/mol. The van der Waals surface area contributed by atoms with Crippen LogP contribution in [-0.4, -0.2) is 6.54 Å². The van der Waals surface area contributed by atoms with E-state index < -0.39 is 0 Å². The topological polar surface area (TPSA) is 64.1 Å². The summed E-state index contributed by atoms with van der Waals surface area (Å²) in [7, 11) is 0. The van der Waals surface area contributed by atoms with Crippen LogP contribution in [-0.2, 0) is 6.54 Å². The minimum absolute atomic E-state index is 0.520. The number of rotatable bonds is 4. The Morgan fingerprint density at radius 1 is 1.46 bits per heavy atom. The summed E-state index contributed by atoms with van der Waals surface area (Å²) in [6, 6.07) is 5.77. The quantitative estimate of drug-likeness (QED) is 0.480. The number of hydrogen-bond donors (Lipinski definition) is 3. The molecule has 0 unspecified atom stereocenters. The second-order valence-corrected chi connectivity index (χ2v) is 2.80. The summed E-state index contributed by atoms with van der Waals surface area (Å²) in [5, 5.41) is 3.13. The minimum atomic E-state index is 0.520. The first kappa shape index (κ1) is 9.61. The monoisotopic (exact) mass is 177 g/mol. The fourth-order valence-electron chi connectivity index (χ4n) is 1.08. The van der Waals surface area contributed by atoms with Gasteiger partial charge in [-0.15, -0.1) is 6.58 Å². The van der Waals surface area contributed by atoms with E-state index in [1.807, 2.05) is 18.2 Å². The lowest BCUT2D eigenvalue weighted by Gasteiger charge is -2.08. The van der Waals surface area contributed by atoms with E-state index in [4.69, 9.17) is 11.5 Å². The first-order valence-electron chi connectivity index (χ1n) is 4.21. The summed E-state index contributed by atoms with van der Waals surface area (Å²) in [4.78, 5) is 0. The molecule has 3 nitrogen and oxygen atoms in total. The first-order chi connectivity index (χ1) is 6.27. The van der Waals surface area contributed by atoms with E-state index in [9.17, 15) is 0 Å². The predicted molar refractivity (Wildman–Crippen MR) is 57.4 cm³/mol. The van der Waals surface area contributed by atoms with Gasteiger partial charge in [0, 0.05) is 13.1 Å². The molecule has 0 spiro atoms. The third kappa shape index (κ3) is 2.49. The highest BCUT2D eigenvalue weighted by Gasteiger charge is 1.97. The Morgan fingerprint density at radius 3 is 2.77 bits per heavy atom. The van der Waals surface area contributed by atoms with Gasteiger partial charge in [0.25, 0.3) is 0 Å². The molecule has 0 saturated carbocycles. The normalized spacial score (nSPS) is 9.62. The predicted octanol–water partition coefficient (Wildman–Crippen LogP) is 1.33. The van der Waals surface area contributed by atoms with Crippen LogP contribution in [0.2, 0.25) is 0 Å². The molecule has 0 aliphatic heterocycles. The maximum atomic E-state index is 5.79. The van der Waals surface area contributed by atoms with Gasteiger partial charge < -0.3 is 16.8 Å². The molecule has 1 aromatic rings. The summed E-state index contributed by atoms with van der Waals surface area (Å²) in [6.07, 6.45) is 1.79. The van der Waals surface area contributed by atoms with E-state index >= 15 is 0 Å². The zero-order chi connectivity index (χ0) is 9.68. The first-order valence-corrected chi connectivity index (χ1v) is 4.21. The van der Waals surface area contributed by atoms with Crippen molar-refractivity contribution in [2.24, 2.45) is 5.73 Å². The Kier molecular flexibility index (Phi) is 3.34. The molecule has 0 saturated heterocycles. The second kappa shape index (κ2) is 4.52. The van der Waals surface area contributed by atoms with E-state index in [0.717, 1.165) is 16.9 Å². The molecule has 1 aromatic carbocycles. The summed E-state index contributed by atoms with van der Waals surface area (Å²) in [5.41, 5.74) is 14.0. The van der Waals surface area contributed by atoms with E-state index in [2.05, 4.69) is 11.9 Å². The largest absolute Gasteiger partial charge is 0.397 e. The Labute approximate surface area is 78.4 Å². The maximum Gasteiger partial charge on any atom is 0.0576 e. The highest BCUT2D eigenvalue weighted by Crippen LogP contribution is 2.19. The van der Waals surface area contributed by atoms with Crippen molar-refractivity contribution in [2.45, 2.75) is 6.54 Å². The van der Waals surface area contributed by atoms with Crippen molar-refractivity contribution in [3.8, 4) is 0 Å². The van der Waals surface area contributed by atoms with Crippen LogP contribution < -0.4 is 16.8 Å². The van der Waals surface area contributed by atoms with Gasteiger partial charge >= 0.3 is 0 Å². The van der Waals surface area contributed by atoms with Gasteiger partial charge in [-0.3, -0.25) is 0 Å². The molecule has 0 aliphatic carbocycles. The Bertz CT molecular complexity index is 294. The molecule has 5 N–H and O–H groups in total. The molecular weight excluding hydrogens is 162 g/mol. The molecule has 0 bridgehead atoms. The lowest BCUT2D eigenvalue weighted by molar-refractivity contribution is 1.07. The van der Waals surface area contributed by atoms with Crippen molar-refractivity contribution in [3.63, 3.8) is 0 Å². The average Bonchev–Trinajstić information content (AvgIpc) is 2.16. The highest BCUT2D eigenvalue weighted by atomic mass is 14.9. The number of nitrogens with one attached hydrogen (secondary N) is 1. The van der Waals surface area contributed by atoms with Gasteiger partial charge in [0.2, 0.25) is 0 Å². The summed E-state index contributed by atoms with van der Waals surface area (Å²) in [5.74, 6) is 0. The minimum Gasteiger partial charge on any atom is -0.397 e. The van der Waals surface area contributed by atoms with E-state index in [-0.39, 0.29) is 0 Å². The molecular formula is C10H15N3. The number of nitrogen functional groups attached to an aromatic ring is 1. The van der Waals surface area contributed by atoms with Crippen LogP contribution in [0.4, 0.5) is 11.4 Å². The van der Waals surface area contributed by atoms with Gasteiger partial charge in [0.05, 0.1) is 11.4 Å². The van der Waals surface area contributed by atoms with Gasteiger partial charge in [-0.1, -0.05) is 12.1 Å². The maximum absolute atomic E-state index is 5.79. The molecule has 1 rings (SSSR count). The van der Waals surface area contributed by atoms with Crippen LogP contribution in [0.15, 0.2) is 30.9 Å². The van der Waals surface area contributed by atoms with Crippen molar-refractivity contribution >= 4 is 11.4 Å². The Morgan fingerprint density at radius 2 is 2.23 bits per heavy atom. The van der Waals surface area contributed by atoms with Gasteiger partial charge in [-0.25, -0.2) is 0 Å². The number of hydrogen-bond acceptors (Lipinski definition) is 3. The third-order valence-electron chi connectivity index (χ3n) is 1.79. The third-order valence-corrected chi connectivity index (χ3v) is 1.79. The summed E-state index contributed by atoms with van der Waals surface area (Å²) >= 11 is 0. The summed E-state index contributed by atoms with van der Waals surface area (Å²) in [6.45, 7) is 4.85. The van der Waals surface area contributed by atoms with Crippen LogP contribution in [0.25, 0.3) is 0 Å². The molecule has 0 atom stereocenters. The zero-order valence-electron chi connectivity index (χ0n) is 7.59. The standard InChI is InChI=1S/C10H15N3/c1-2-5-13-10-4-3-8(7-11)6-9(10)12/h2-4,6,13H,1,5,7,11-12H2. The van der Waals surface area contributed by atoms with Crippen molar-refractivity contribution in [3.05, 3.63) is 36.4 Å². The second-order valence-electron chi connectivity index (χ2n) is 2.80. The van der Waals surface area contributed by atoms with Crippen LogP contribution in [0.3, 0.4) is 0 Å². The van der Waals surface area contributed by atoms with E-state index in [1.54, 1.807) is 6.08 Å². The molecule has 0 heterocycles. The van der Waals surface area contributed by atoms with E-state index in [1.165, 1.54) is 0 Å². The molecule has 70 valence electrons. The van der Waals surface area contributed by atoms with Crippen molar-refractivity contribution < 1.29 is 0 Å². The van der Waals surface area contributed by atoms with Crippen molar-refractivity contribution in [1.29, 1.82) is 0 Å². The van der Waals surface area contributed by atoms with Crippen LogP contribution >= 0.6 is 0 Å². The van der Waals surface area contributed by atoms with E-state index in [0.29, 0.717) is 13.1 Å². The molecule has 0 radical (unpaired) electrons. The molecule has 3 heteroatoms. The molecule has 0 aromatic heterocycles. The Balaban J connectivity index is 2.78. The molecule has 0 aliphatic rings. The Hall–Kier alpha value is -1.48. The molecule has 13 heavy (non-hydrogen) atoms. The van der Waals surface area contributed by atoms with Gasteiger partial charge in [-0.05, 0) is 17.7 Å². The highest BCUT2D eigenvalue weighted by molar-refractivity contribution is 5.67. The number of anilines is 2. The van der Waals surface area contributed by atoms with Crippen molar-refractivity contribution in [1.82, 2.24) is 0 Å². The van der Waals surface area contributed by atoms with Gasteiger partial charge in [0.1, 0.15) is 0 Å². The molecule has 0 amide bonds. The SMILES string of the molecule is C=CCNc1ccc(CN)cc1N. The zero-order valence-corrected chi connectivity index (χ0v) is 7.59. The van der Waals surface area contributed by atoms with Crippen LogP contribution in [0.1, 0.15) is 5.56 Å². The smallest absolute Gasteiger partial charge is 0.0576 e. The fraction of sp³-hybridized carbons (Fsp3) is 0.200. The lowest BCUT2D eigenvalue weighted by Crippen LogP contribution is -2.03. The van der Waals surface area contributed by atoms with Gasteiger partial charge in [-0.2, -0.15) is 0 Å². The molecule has 0 fully saturated rings. The number of benzene rings is 1. The summed E-state index contributed by atoms with van der Waals surface area (Å²) < 4.78 is 0. The van der Waals surface area contributed by atoms with Crippen LogP contribution in [0.5, 0.6) is 0 Å². The lowest BCUT2D eigenvalue weighted by atomic mass is 10.2. The number of nitrogens with two attached hydrogens (primary N) is 2.